The third-order valence-corrected chi connectivity index (χ3v) is 3.24. The van der Waals surface area contributed by atoms with Gasteiger partial charge in [-0.2, -0.15) is 0 Å². The molecule has 4 heteroatoms. The first-order valence-corrected chi connectivity index (χ1v) is 7.21. The second-order valence-electron chi connectivity index (χ2n) is 5.01. The fourth-order valence-electron chi connectivity index (χ4n) is 2.03. The average molecular weight is 320 g/mol. The van der Waals surface area contributed by atoms with E-state index in [9.17, 15) is 4.79 Å². The normalized spacial score (nSPS) is 9.91. The van der Waals surface area contributed by atoms with Crippen LogP contribution >= 0.6 is 12.4 Å². The molecule has 118 valence electrons. The molecule has 22 heavy (non-hydrogen) atoms. The molecular weight excluding hydrogens is 298 g/mol. The van der Waals surface area contributed by atoms with Gasteiger partial charge in [0, 0.05) is 13.1 Å². The molecule has 1 N–H and O–H groups in total. The van der Waals surface area contributed by atoms with Crippen LogP contribution in [0.4, 0.5) is 0 Å². The van der Waals surface area contributed by atoms with E-state index in [2.05, 4.69) is 36.5 Å². The Hall–Kier alpha value is -1.84. The zero-order valence-corrected chi connectivity index (χ0v) is 13.8. The lowest BCUT2D eigenvalue weighted by Gasteiger charge is -2.07. The van der Waals surface area contributed by atoms with Gasteiger partial charge >= 0.3 is 5.97 Å². The van der Waals surface area contributed by atoms with Gasteiger partial charge in [-0.15, -0.1) is 12.4 Å². The number of carbonyl (C=O) groups is 1. The summed E-state index contributed by atoms with van der Waals surface area (Å²) in [7, 11) is 0. The molecule has 3 nitrogen and oxygen atoms in total. The van der Waals surface area contributed by atoms with Gasteiger partial charge in [0.05, 0.1) is 12.2 Å². The summed E-state index contributed by atoms with van der Waals surface area (Å²) in [6, 6.07) is 16.0. The average Bonchev–Trinajstić information content (AvgIpc) is 2.50. The monoisotopic (exact) mass is 319 g/mol. The zero-order valence-electron chi connectivity index (χ0n) is 13.0. The van der Waals surface area contributed by atoms with Crippen LogP contribution < -0.4 is 5.32 Å². The van der Waals surface area contributed by atoms with Gasteiger partial charge in [0.1, 0.15) is 0 Å². The first-order valence-electron chi connectivity index (χ1n) is 7.21. The number of nitrogens with one attached hydrogen (secondary N) is 1. The first-order chi connectivity index (χ1) is 10.2. The molecule has 2 aromatic rings. The number of aryl methyl sites for hydroxylation is 1. The summed E-state index contributed by atoms with van der Waals surface area (Å²) in [5.41, 5.74) is 4.28. The maximum absolute atomic E-state index is 11.5. The molecule has 2 rings (SSSR count). The Morgan fingerprint density at radius 3 is 1.95 bits per heavy atom. The van der Waals surface area contributed by atoms with E-state index in [1.165, 1.54) is 11.1 Å². The third kappa shape index (κ3) is 5.51. The summed E-state index contributed by atoms with van der Waals surface area (Å²) >= 11 is 0. The van der Waals surface area contributed by atoms with Crippen LogP contribution in [0.5, 0.6) is 0 Å². The highest BCUT2D eigenvalue weighted by Gasteiger charge is 2.05. The standard InChI is InChI=1S/C18H21NO2.ClH/c1-3-21-18(20)17-10-8-16(9-11-17)13-19-12-15-6-4-14(2)5-7-15;/h4-11,19H,3,12-13H2,1-2H3;1H. The third-order valence-electron chi connectivity index (χ3n) is 3.24. The number of hydrogen-bond donors (Lipinski definition) is 1. The van der Waals surface area contributed by atoms with E-state index in [0.29, 0.717) is 12.2 Å². The lowest BCUT2D eigenvalue weighted by atomic mass is 10.1. The zero-order chi connectivity index (χ0) is 15.1. The lowest BCUT2D eigenvalue weighted by Crippen LogP contribution is -2.13. The smallest absolute Gasteiger partial charge is 0.338 e. The van der Waals surface area contributed by atoms with E-state index in [1.807, 2.05) is 12.1 Å². The van der Waals surface area contributed by atoms with Crippen molar-refractivity contribution < 1.29 is 9.53 Å². The molecule has 0 amide bonds. The van der Waals surface area contributed by atoms with Gasteiger partial charge < -0.3 is 10.1 Å². The Labute approximate surface area is 138 Å². The minimum Gasteiger partial charge on any atom is -0.462 e. The first kappa shape index (κ1) is 18.2. The van der Waals surface area contributed by atoms with Gasteiger partial charge in [0.25, 0.3) is 0 Å². The lowest BCUT2D eigenvalue weighted by molar-refractivity contribution is 0.0526. The molecule has 0 aliphatic heterocycles. The number of esters is 1. The summed E-state index contributed by atoms with van der Waals surface area (Å²) in [5, 5.41) is 3.40. The van der Waals surface area contributed by atoms with E-state index >= 15 is 0 Å². The summed E-state index contributed by atoms with van der Waals surface area (Å²) in [6.45, 7) is 5.90. The van der Waals surface area contributed by atoms with Crippen molar-refractivity contribution in [3.8, 4) is 0 Å². The highest BCUT2D eigenvalue weighted by Crippen LogP contribution is 2.07. The second kappa shape index (κ2) is 9.23. The van der Waals surface area contributed by atoms with Crippen molar-refractivity contribution in [3.05, 3.63) is 70.8 Å². The van der Waals surface area contributed by atoms with Crippen molar-refractivity contribution >= 4 is 18.4 Å². The van der Waals surface area contributed by atoms with Crippen LogP contribution in [0.15, 0.2) is 48.5 Å². The number of benzene rings is 2. The molecule has 0 spiro atoms. The molecular formula is C18H22ClNO2. The highest BCUT2D eigenvalue weighted by atomic mass is 35.5. The predicted molar refractivity (Wildman–Crippen MR) is 91.4 cm³/mol. The Morgan fingerprint density at radius 2 is 1.45 bits per heavy atom. The fourth-order valence-corrected chi connectivity index (χ4v) is 2.03. The predicted octanol–water partition coefficient (Wildman–Crippen LogP) is 3.88. The number of halogens is 1. The minimum atomic E-state index is -0.267. The number of rotatable bonds is 6. The van der Waals surface area contributed by atoms with Crippen LogP contribution in [0, 0.1) is 6.92 Å². The molecule has 0 fully saturated rings. The molecule has 0 unspecified atom stereocenters. The molecule has 0 radical (unpaired) electrons. The quantitative estimate of drug-likeness (QED) is 0.821. The van der Waals surface area contributed by atoms with Crippen molar-refractivity contribution in [1.29, 1.82) is 0 Å². The molecule has 0 aromatic heterocycles. The number of ether oxygens (including phenoxy) is 1. The summed E-state index contributed by atoms with van der Waals surface area (Å²) < 4.78 is 4.96. The highest BCUT2D eigenvalue weighted by molar-refractivity contribution is 5.89. The SMILES string of the molecule is CCOC(=O)c1ccc(CNCc2ccc(C)cc2)cc1.Cl. The molecule has 0 heterocycles. The van der Waals surface area contributed by atoms with E-state index < -0.39 is 0 Å². The Kier molecular flexibility index (Phi) is 7.64. The van der Waals surface area contributed by atoms with Crippen LogP contribution in [-0.4, -0.2) is 12.6 Å². The molecule has 0 aliphatic carbocycles. The van der Waals surface area contributed by atoms with Gasteiger partial charge in [-0.3, -0.25) is 0 Å². The number of carbonyl (C=O) groups excluding carboxylic acids is 1. The van der Waals surface area contributed by atoms with Crippen molar-refractivity contribution in [1.82, 2.24) is 5.32 Å². The summed E-state index contributed by atoms with van der Waals surface area (Å²) in [4.78, 5) is 11.5. The molecule has 0 aliphatic rings. The van der Waals surface area contributed by atoms with Crippen LogP contribution in [0.25, 0.3) is 0 Å². The van der Waals surface area contributed by atoms with Gasteiger partial charge in [0.2, 0.25) is 0 Å². The topological polar surface area (TPSA) is 38.3 Å². The Bertz CT molecular complexity index is 579. The molecule has 0 saturated heterocycles. The maximum atomic E-state index is 11.5. The van der Waals surface area contributed by atoms with Crippen molar-refractivity contribution in [2.75, 3.05) is 6.61 Å². The van der Waals surface area contributed by atoms with Gasteiger partial charge in [-0.25, -0.2) is 4.79 Å². The largest absolute Gasteiger partial charge is 0.462 e. The fraction of sp³-hybridized carbons (Fsp3) is 0.278. The summed E-state index contributed by atoms with van der Waals surface area (Å²) in [6.07, 6.45) is 0. The van der Waals surface area contributed by atoms with E-state index in [1.54, 1.807) is 19.1 Å². The molecule has 2 aromatic carbocycles. The van der Waals surface area contributed by atoms with Crippen LogP contribution in [-0.2, 0) is 17.8 Å². The van der Waals surface area contributed by atoms with Crippen molar-refractivity contribution in [2.24, 2.45) is 0 Å². The van der Waals surface area contributed by atoms with E-state index in [4.69, 9.17) is 4.74 Å². The number of hydrogen-bond acceptors (Lipinski definition) is 3. The minimum absolute atomic E-state index is 0. The molecule has 0 bridgehead atoms. The van der Waals surface area contributed by atoms with Crippen molar-refractivity contribution in [2.45, 2.75) is 26.9 Å². The van der Waals surface area contributed by atoms with Gasteiger partial charge in [0.15, 0.2) is 0 Å². The maximum Gasteiger partial charge on any atom is 0.338 e. The van der Waals surface area contributed by atoms with Gasteiger partial charge in [-0.1, -0.05) is 42.0 Å². The molecule has 0 saturated carbocycles. The summed E-state index contributed by atoms with van der Waals surface area (Å²) in [5.74, 6) is -0.267. The second-order valence-corrected chi connectivity index (χ2v) is 5.01. The molecule has 0 atom stereocenters. The Balaban J connectivity index is 0.00000242. The van der Waals surface area contributed by atoms with E-state index in [-0.39, 0.29) is 18.4 Å². The Morgan fingerprint density at radius 1 is 0.955 bits per heavy atom. The van der Waals surface area contributed by atoms with Gasteiger partial charge in [-0.05, 0) is 37.1 Å². The van der Waals surface area contributed by atoms with E-state index in [0.717, 1.165) is 18.7 Å². The van der Waals surface area contributed by atoms with Crippen LogP contribution in [0.2, 0.25) is 0 Å². The van der Waals surface area contributed by atoms with Crippen LogP contribution in [0.3, 0.4) is 0 Å². The van der Waals surface area contributed by atoms with Crippen LogP contribution in [0.1, 0.15) is 34.0 Å². The van der Waals surface area contributed by atoms with Crippen molar-refractivity contribution in [3.63, 3.8) is 0 Å².